The zero-order valence-corrected chi connectivity index (χ0v) is 12.4. The van der Waals surface area contributed by atoms with Crippen LogP contribution in [0.4, 0.5) is 0 Å². The summed E-state index contributed by atoms with van der Waals surface area (Å²) in [6.07, 6.45) is 0. The minimum Gasteiger partial charge on any atom is -0.456 e. The molecule has 0 aliphatic heterocycles. The summed E-state index contributed by atoms with van der Waals surface area (Å²) >= 11 is 23.4. The lowest BCUT2D eigenvalue weighted by Gasteiger charge is -2.20. The molecule has 0 aliphatic carbocycles. The van der Waals surface area contributed by atoms with Gasteiger partial charge in [0, 0.05) is 0 Å². The Labute approximate surface area is 120 Å². The van der Waals surface area contributed by atoms with E-state index in [1.807, 2.05) is 0 Å². The molecule has 0 aromatic heterocycles. The zero-order valence-electron chi connectivity index (χ0n) is 9.41. The maximum absolute atomic E-state index is 11.8. The third kappa shape index (κ3) is 3.65. The van der Waals surface area contributed by atoms with Gasteiger partial charge in [-0.2, -0.15) is 0 Å². The van der Waals surface area contributed by atoms with Crippen LogP contribution in [0.5, 0.6) is 0 Å². The second-order valence-corrected chi connectivity index (χ2v) is 5.89. The molecule has 0 aliphatic rings. The van der Waals surface area contributed by atoms with Crippen LogP contribution in [0.1, 0.15) is 31.1 Å². The first kappa shape index (κ1) is 14.9. The maximum atomic E-state index is 11.8. The standard InChI is InChI=1S/C11H10Cl4O2/c1-11(2,3)17-10(16)5-4-6(12)8(14)9(15)7(5)13/h4H,1-3H3. The molecule has 0 heterocycles. The summed E-state index contributed by atoms with van der Waals surface area (Å²) in [5.74, 6) is -0.594. The van der Waals surface area contributed by atoms with Crippen molar-refractivity contribution in [2.75, 3.05) is 0 Å². The number of hydrogen-bond donors (Lipinski definition) is 0. The van der Waals surface area contributed by atoms with Crippen molar-refractivity contribution in [3.05, 3.63) is 31.7 Å². The molecule has 6 heteroatoms. The van der Waals surface area contributed by atoms with E-state index in [4.69, 9.17) is 51.1 Å². The molecule has 0 bridgehead atoms. The van der Waals surface area contributed by atoms with Crippen molar-refractivity contribution in [3.8, 4) is 0 Å². The van der Waals surface area contributed by atoms with Crippen LogP contribution in [0.25, 0.3) is 0 Å². The molecule has 0 N–H and O–H groups in total. The number of halogens is 4. The maximum Gasteiger partial charge on any atom is 0.340 e. The fraction of sp³-hybridized carbons (Fsp3) is 0.364. The minimum atomic E-state index is -0.626. The van der Waals surface area contributed by atoms with E-state index in [1.165, 1.54) is 6.07 Å². The van der Waals surface area contributed by atoms with Crippen LogP contribution in [0, 0.1) is 0 Å². The van der Waals surface area contributed by atoms with Gasteiger partial charge in [0.2, 0.25) is 0 Å². The van der Waals surface area contributed by atoms with Gasteiger partial charge in [0.25, 0.3) is 0 Å². The first-order valence-corrected chi connectivity index (χ1v) is 6.21. The predicted molar refractivity (Wildman–Crippen MR) is 71.7 cm³/mol. The highest BCUT2D eigenvalue weighted by Crippen LogP contribution is 2.38. The quantitative estimate of drug-likeness (QED) is 0.401. The minimum absolute atomic E-state index is 0.0373. The molecule has 17 heavy (non-hydrogen) atoms. The number of carbonyl (C=O) groups is 1. The molecule has 0 unspecified atom stereocenters. The number of hydrogen-bond acceptors (Lipinski definition) is 2. The lowest BCUT2D eigenvalue weighted by Crippen LogP contribution is -2.24. The van der Waals surface area contributed by atoms with E-state index in [2.05, 4.69) is 0 Å². The van der Waals surface area contributed by atoms with Gasteiger partial charge in [-0.3, -0.25) is 0 Å². The molecule has 1 aromatic rings. The Bertz CT molecular complexity index is 464. The Morgan fingerprint density at radius 1 is 1.06 bits per heavy atom. The van der Waals surface area contributed by atoms with Gasteiger partial charge in [-0.15, -0.1) is 0 Å². The van der Waals surface area contributed by atoms with Gasteiger partial charge in [-0.25, -0.2) is 4.79 Å². The van der Waals surface area contributed by atoms with E-state index in [0.29, 0.717) is 0 Å². The van der Waals surface area contributed by atoms with Crippen molar-refractivity contribution in [1.82, 2.24) is 0 Å². The van der Waals surface area contributed by atoms with Crippen molar-refractivity contribution in [2.45, 2.75) is 26.4 Å². The van der Waals surface area contributed by atoms with E-state index < -0.39 is 11.6 Å². The fourth-order valence-electron chi connectivity index (χ4n) is 1.05. The van der Waals surface area contributed by atoms with Gasteiger partial charge in [0.1, 0.15) is 5.60 Å². The normalized spacial score (nSPS) is 11.5. The van der Waals surface area contributed by atoms with E-state index >= 15 is 0 Å². The monoisotopic (exact) mass is 314 g/mol. The smallest absolute Gasteiger partial charge is 0.340 e. The van der Waals surface area contributed by atoms with E-state index in [0.717, 1.165) is 0 Å². The Morgan fingerprint density at radius 2 is 1.59 bits per heavy atom. The van der Waals surface area contributed by atoms with Gasteiger partial charge in [-0.1, -0.05) is 46.4 Å². The molecule has 0 atom stereocenters. The highest BCUT2D eigenvalue weighted by Gasteiger charge is 2.23. The molecule has 1 aromatic carbocycles. The molecule has 0 saturated carbocycles. The van der Waals surface area contributed by atoms with Crippen molar-refractivity contribution in [1.29, 1.82) is 0 Å². The average molecular weight is 316 g/mol. The van der Waals surface area contributed by atoms with Crippen LogP contribution in [-0.4, -0.2) is 11.6 Å². The molecule has 0 radical (unpaired) electrons. The molecule has 94 valence electrons. The van der Waals surface area contributed by atoms with Crippen molar-refractivity contribution in [3.63, 3.8) is 0 Å². The Morgan fingerprint density at radius 3 is 2.06 bits per heavy atom. The van der Waals surface area contributed by atoms with Crippen LogP contribution >= 0.6 is 46.4 Å². The molecule has 0 spiro atoms. The SMILES string of the molecule is CC(C)(C)OC(=O)c1cc(Cl)c(Cl)c(Cl)c1Cl. The average Bonchev–Trinajstić information content (AvgIpc) is 2.17. The summed E-state index contributed by atoms with van der Waals surface area (Å²) < 4.78 is 5.17. The first-order valence-electron chi connectivity index (χ1n) is 4.70. The predicted octanol–water partition coefficient (Wildman–Crippen LogP) is 5.26. The second-order valence-electron chi connectivity index (χ2n) is 4.35. The Kier molecular flexibility index (Phi) is 4.59. The Balaban J connectivity index is 3.20. The lowest BCUT2D eigenvalue weighted by atomic mass is 10.1. The van der Waals surface area contributed by atoms with Crippen LogP contribution < -0.4 is 0 Å². The number of esters is 1. The molecule has 0 fully saturated rings. The van der Waals surface area contributed by atoms with Crippen molar-refractivity contribution >= 4 is 52.4 Å². The second kappa shape index (κ2) is 5.23. The van der Waals surface area contributed by atoms with Gasteiger partial charge < -0.3 is 4.74 Å². The van der Waals surface area contributed by atoms with Gasteiger partial charge >= 0.3 is 5.97 Å². The molecule has 0 amide bonds. The third-order valence-corrected chi connectivity index (χ3v) is 3.47. The van der Waals surface area contributed by atoms with Gasteiger partial charge in [-0.05, 0) is 26.8 Å². The summed E-state index contributed by atoms with van der Waals surface area (Å²) in [5.41, 5.74) is -0.528. The molecule has 0 saturated heterocycles. The van der Waals surface area contributed by atoms with Crippen molar-refractivity contribution in [2.24, 2.45) is 0 Å². The van der Waals surface area contributed by atoms with Gasteiger partial charge in [0.15, 0.2) is 0 Å². The number of ether oxygens (including phenoxy) is 1. The van der Waals surface area contributed by atoms with Crippen LogP contribution in [0.2, 0.25) is 20.1 Å². The molecule has 1 rings (SSSR count). The van der Waals surface area contributed by atoms with E-state index in [-0.39, 0.29) is 25.7 Å². The first-order chi connectivity index (χ1) is 7.63. The fourth-order valence-corrected chi connectivity index (χ4v) is 1.93. The summed E-state index contributed by atoms with van der Waals surface area (Å²) in [4.78, 5) is 11.8. The largest absolute Gasteiger partial charge is 0.456 e. The summed E-state index contributed by atoms with van der Waals surface area (Å²) in [6.45, 7) is 5.24. The van der Waals surface area contributed by atoms with Gasteiger partial charge in [0.05, 0.1) is 25.7 Å². The van der Waals surface area contributed by atoms with E-state index in [9.17, 15) is 4.79 Å². The topological polar surface area (TPSA) is 26.3 Å². The Hall–Kier alpha value is -0.150. The summed E-state index contributed by atoms with van der Waals surface area (Å²) in [7, 11) is 0. The molecule has 2 nitrogen and oxygen atoms in total. The van der Waals surface area contributed by atoms with Crippen LogP contribution in [0.3, 0.4) is 0 Å². The van der Waals surface area contributed by atoms with Crippen molar-refractivity contribution < 1.29 is 9.53 Å². The molecular formula is C11H10Cl4O2. The highest BCUT2D eigenvalue weighted by molar-refractivity contribution is 6.52. The van der Waals surface area contributed by atoms with Crippen LogP contribution in [-0.2, 0) is 4.74 Å². The number of rotatable bonds is 1. The third-order valence-electron chi connectivity index (χ3n) is 1.72. The highest BCUT2D eigenvalue weighted by atomic mass is 35.5. The zero-order chi connectivity index (χ0) is 13.4. The van der Waals surface area contributed by atoms with E-state index in [1.54, 1.807) is 20.8 Å². The lowest BCUT2D eigenvalue weighted by molar-refractivity contribution is 0.00698. The number of benzene rings is 1. The van der Waals surface area contributed by atoms with Crippen LogP contribution in [0.15, 0.2) is 6.07 Å². The number of carbonyl (C=O) groups excluding carboxylic acids is 1. The molecular weight excluding hydrogens is 306 g/mol. The summed E-state index contributed by atoms with van der Waals surface area (Å²) in [6, 6.07) is 1.34. The summed E-state index contributed by atoms with van der Waals surface area (Å²) in [5, 5.41) is 0.351.